The molecule has 0 unspecified atom stereocenters. The lowest BCUT2D eigenvalue weighted by molar-refractivity contribution is 0.0149. The zero-order valence-corrected chi connectivity index (χ0v) is 19.4. The Morgan fingerprint density at radius 1 is 1.19 bits per heavy atom. The van der Waals surface area contributed by atoms with E-state index < -0.39 is 0 Å². The Hall–Kier alpha value is -2.59. The van der Waals surface area contributed by atoms with Crippen LogP contribution in [0.25, 0.3) is 22.2 Å². The third-order valence-corrected chi connectivity index (χ3v) is 6.06. The monoisotopic (exact) mass is 479 g/mol. The van der Waals surface area contributed by atoms with Crippen molar-refractivity contribution in [3.05, 3.63) is 38.7 Å². The molecule has 0 spiro atoms. The molecule has 1 aliphatic rings. The van der Waals surface area contributed by atoms with Gasteiger partial charge in [-0.1, -0.05) is 23.2 Å². The first kappa shape index (κ1) is 22.6. The fourth-order valence-corrected chi connectivity index (χ4v) is 4.18. The minimum atomic E-state index is -0.312. The van der Waals surface area contributed by atoms with E-state index >= 15 is 0 Å². The van der Waals surface area contributed by atoms with Gasteiger partial charge in [0.2, 0.25) is 5.95 Å². The van der Waals surface area contributed by atoms with E-state index in [1.165, 1.54) is 14.2 Å². The average Bonchev–Trinajstić information content (AvgIpc) is 2.77. The minimum absolute atomic E-state index is 0.147. The van der Waals surface area contributed by atoms with E-state index in [1.807, 2.05) is 0 Å². The van der Waals surface area contributed by atoms with Crippen molar-refractivity contribution in [2.24, 2.45) is 0 Å². The SMILES string of the molecule is CNc1ncc2cc(-c3c(Cl)c(OC)cc(OC)c3Cl)c(=O)n(CCOC3CNC3)c2n1. The van der Waals surface area contributed by atoms with Gasteiger partial charge in [-0.05, 0) is 6.07 Å². The van der Waals surface area contributed by atoms with Crippen molar-refractivity contribution in [3.8, 4) is 22.6 Å². The fourth-order valence-electron chi connectivity index (χ4n) is 3.48. The van der Waals surface area contributed by atoms with Crippen molar-refractivity contribution in [2.45, 2.75) is 12.6 Å². The molecule has 9 nitrogen and oxygen atoms in total. The van der Waals surface area contributed by atoms with Crippen molar-refractivity contribution in [3.63, 3.8) is 0 Å². The second-order valence-corrected chi connectivity index (χ2v) is 7.93. The average molecular weight is 480 g/mol. The number of rotatable bonds is 8. The topological polar surface area (TPSA) is 99.5 Å². The van der Waals surface area contributed by atoms with Gasteiger partial charge >= 0.3 is 0 Å². The maximum Gasteiger partial charge on any atom is 0.260 e. The van der Waals surface area contributed by atoms with E-state index in [0.29, 0.717) is 47.2 Å². The van der Waals surface area contributed by atoms with Crippen LogP contribution in [0.15, 0.2) is 23.1 Å². The van der Waals surface area contributed by atoms with E-state index in [2.05, 4.69) is 20.6 Å². The Morgan fingerprint density at radius 3 is 2.44 bits per heavy atom. The molecule has 3 aromatic rings. The summed E-state index contributed by atoms with van der Waals surface area (Å²) in [7, 11) is 4.68. The van der Waals surface area contributed by atoms with Gasteiger partial charge in [-0.3, -0.25) is 9.36 Å². The van der Waals surface area contributed by atoms with Crippen LogP contribution in [-0.2, 0) is 11.3 Å². The maximum absolute atomic E-state index is 13.7. The second kappa shape index (κ2) is 9.50. The lowest BCUT2D eigenvalue weighted by Gasteiger charge is -2.27. The number of fused-ring (bicyclic) bond motifs is 1. The molecule has 0 amide bonds. The molecule has 0 bridgehead atoms. The molecule has 1 fully saturated rings. The smallest absolute Gasteiger partial charge is 0.260 e. The van der Waals surface area contributed by atoms with Crippen LogP contribution < -0.4 is 25.7 Å². The van der Waals surface area contributed by atoms with Gasteiger partial charge in [-0.2, -0.15) is 4.98 Å². The van der Waals surface area contributed by atoms with Crippen LogP contribution >= 0.6 is 23.2 Å². The molecule has 32 heavy (non-hydrogen) atoms. The van der Waals surface area contributed by atoms with Gasteiger partial charge in [0.1, 0.15) is 17.1 Å². The Labute approximate surface area is 194 Å². The predicted molar refractivity (Wildman–Crippen MR) is 125 cm³/mol. The molecule has 0 aliphatic carbocycles. The van der Waals surface area contributed by atoms with Gasteiger partial charge in [-0.25, -0.2) is 4.98 Å². The summed E-state index contributed by atoms with van der Waals surface area (Å²) in [6, 6.07) is 3.26. The van der Waals surface area contributed by atoms with Crippen LogP contribution in [0.4, 0.5) is 5.95 Å². The van der Waals surface area contributed by atoms with Crippen molar-refractivity contribution < 1.29 is 14.2 Å². The van der Waals surface area contributed by atoms with E-state index in [9.17, 15) is 4.79 Å². The first-order valence-corrected chi connectivity index (χ1v) is 10.7. The molecule has 0 radical (unpaired) electrons. The number of nitrogens with one attached hydrogen (secondary N) is 2. The highest BCUT2D eigenvalue weighted by molar-refractivity contribution is 6.41. The van der Waals surface area contributed by atoms with Gasteiger partial charge < -0.3 is 24.8 Å². The molecule has 2 N–H and O–H groups in total. The van der Waals surface area contributed by atoms with Crippen molar-refractivity contribution in [1.29, 1.82) is 0 Å². The summed E-state index contributed by atoms with van der Waals surface area (Å²) in [5.74, 6) is 1.09. The number of hydrogen-bond acceptors (Lipinski definition) is 8. The number of ether oxygens (including phenoxy) is 3. The third-order valence-electron chi connectivity index (χ3n) is 5.31. The highest BCUT2D eigenvalue weighted by Crippen LogP contribution is 2.45. The predicted octanol–water partition coefficient (Wildman–Crippen LogP) is 2.81. The highest BCUT2D eigenvalue weighted by atomic mass is 35.5. The number of halogens is 2. The van der Waals surface area contributed by atoms with Crippen LogP contribution in [0.1, 0.15) is 0 Å². The van der Waals surface area contributed by atoms with Gasteiger partial charge in [0.25, 0.3) is 5.56 Å². The number of anilines is 1. The Morgan fingerprint density at radius 2 is 1.88 bits per heavy atom. The molecule has 2 aromatic heterocycles. The summed E-state index contributed by atoms with van der Waals surface area (Å²) in [4.78, 5) is 22.4. The first-order valence-electron chi connectivity index (χ1n) is 9.99. The molecule has 1 aromatic carbocycles. The summed E-state index contributed by atoms with van der Waals surface area (Å²) in [5.41, 5.74) is 0.783. The molecular formula is C21H23Cl2N5O4. The maximum atomic E-state index is 13.7. The molecular weight excluding hydrogens is 457 g/mol. The molecule has 1 saturated heterocycles. The molecule has 0 atom stereocenters. The van der Waals surface area contributed by atoms with Gasteiger partial charge in [0.05, 0.1) is 49.1 Å². The Balaban J connectivity index is 1.91. The van der Waals surface area contributed by atoms with E-state index in [-0.39, 0.29) is 27.3 Å². The van der Waals surface area contributed by atoms with E-state index in [1.54, 1.807) is 29.9 Å². The van der Waals surface area contributed by atoms with Crippen LogP contribution in [0.2, 0.25) is 10.0 Å². The summed E-state index contributed by atoms with van der Waals surface area (Å²) in [6.45, 7) is 2.26. The highest BCUT2D eigenvalue weighted by Gasteiger charge is 2.23. The fraction of sp³-hybridized carbons (Fsp3) is 0.381. The van der Waals surface area contributed by atoms with E-state index in [4.69, 9.17) is 37.4 Å². The van der Waals surface area contributed by atoms with E-state index in [0.717, 1.165) is 13.1 Å². The normalized spacial score (nSPS) is 13.8. The molecule has 170 valence electrons. The third kappa shape index (κ3) is 4.09. The molecule has 3 heterocycles. The van der Waals surface area contributed by atoms with Gasteiger partial charge in [-0.15, -0.1) is 0 Å². The lowest BCUT2D eigenvalue weighted by Crippen LogP contribution is -2.48. The summed E-state index contributed by atoms with van der Waals surface area (Å²) in [5, 5.41) is 7.13. The molecule has 1 aliphatic heterocycles. The number of pyridine rings is 1. The summed E-state index contributed by atoms with van der Waals surface area (Å²) in [6.07, 6.45) is 1.79. The number of aromatic nitrogens is 3. The molecule has 0 saturated carbocycles. The number of benzene rings is 1. The number of methoxy groups -OCH3 is 2. The van der Waals surface area contributed by atoms with Crippen LogP contribution in [0, 0.1) is 0 Å². The van der Waals surface area contributed by atoms with Crippen molar-refractivity contribution >= 4 is 40.2 Å². The number of nitrogens with zero attached hydrogens (tertiary/aromatic N) is 3. The van der Waals surface area contributed by atoms with Crippen LogP contribution in [0.3, 0.4) is 0 Å². The largest absolute Gasteiger partial charge is 0.495 e. The van der Waals surface area contributed by atoms with Crippen LogP contribution in [0.5, 0.6) is 11.5 Å². The summed E-state index contributed by atoms with van der Waals surface area (Å²) >= 11 is 13.2. The Bertz CT molecular complexity index is 1180. The van der Waals surface area contributed by atoms with Crippen LogP contribution in [-0.4, -0.2) is 61.6 Å². The van der Waals surface area contributed by atoms with Gasteiger partial charge in [0.15, 0.2) is 0 Å². The minimum Gasteiger partial charge on any atom is -0.495 e. The zero-order valence-electron chi connectivity index (χ0n) is 17.9. The van der Waals surface area contributed by atoms with Crippen molar-refractivity contribution in [2.75, 3.05) is 46.3 Å². The molecule has 11 heteroatoms. The number of hydrogen-bond donors (Lipinski definition) is 2. The zero-order chi connectivity index (χ0) is 22.8. The summed E-state index contributed by atoms with van der Waals surface area (Å²) < 4.78 is 18.1. The second-order valence-electron chi connectivity index (χ2n) is 7.17. The van der Waals surface area contributed by atoms with Crippen molar-refractivity contribution in [1.82, 2.24) is 19.9 Å². The Kier molecular flexibility index (Phi) is 6.71. The first-order chi connectivity index (χ1) is 15.5. The molecule has 4 rings (SSSR count). The lowest BCUT2D eigenvalue weighted by atomic mass is 10.0. The standard InChI is InChI=1S/C21H23Cl2N5O4/c1-24-21-26-8-11-6-13(16-17(22)14(30-2)7-15(31-3)18(16)23)20(29)28(19(11)27-21)4-5-32-12-9-25-10-12/h6-8,12,25H,4-5,9-10H2,1-3H3,(H,24,26,27). The quantitative estimate of drug-likeness (QED) is 0.508. The van der Waals surface area contributed by atoms with Gasteiger partial charge in [0, 0.05) is 43.4 Å².